The van der Waals surface area contributed by atoms with Gasteiger partial charge in [-0.3, -0.25) is 4.21 Å². The fraction of sp³-hybridized carbons (Fsp3) is 0.571. The van der Waals surface area contributed by atoms with E-state index >= 15 is 0 Å². The SMILES string of the molecule is CCNC(C)CCCS(=O)c1ccc(C)cc1. The zero-order chi connectivity index (χ0) is 12.7. The van der Waals surface area contributed by atoms with Gasteiger partial charge in [0.1, 0.15) is 0 Å². The lowest BCUT2D eigenvalue weighted by Crippen LogP contribution is -2.25. The maximum absolute atomic E-state index is 12.0. The van der Waals surface area contributed by atoms with Crippen molar-refractivity contribution in [2.75, 3.05) is 12.3 Å². The van der Waals surface area contributed by atoms with E-state index in [1.807, 2.05) is 31.2 Å². The summed E-state index contributed by atoms with van der Waals surface area (Å²) < 4.78 is 12.0. The second-order valence-corrected chi connectivity index (χ2v) is 6.03. The molecule has 1 aromatic carbocycles. The Hall–Kier alpha value is -0.670. The van der Waals surface area contributed by atoms with Gasteiger partial charge in [-0.25, -0.2) is 0 Å². The maximum atomic E-state index is 12.0. The van der Waals surface area contributed by atoms with Gasteiger partial charge >= 0.3 is 0 Å². The minimum Gasteiger partial charge on any atom is -0.315 e. The first kappa shape index (κ1) is 14.4. The van der Waals surface area contributed by atoms with E-state index in [-0.39, 0.29) is 0 Å². The molecule has 0 aliphatic heterocycles. The summed E-state index contributed by atoms with van der Waals surface area (Å²) in [4.78, 5) is 0.951. The first-order valence-electron chi connectivity index (χ1n) is 6.32. The fourth-order valence-corrected chi connectivity index (χ4v) is 2.88. The van der Waals surface area contributed by atoms with E-state index in [1.165, 1.54) is 5.56 Å². The minimum absolute atomic E-state index is 0.523. The highest BCUT2D eigenvalue weighted by molar-refractivity contribution is 7.85. The van der Waals surface area contributed by atoms with Crippen LogP contribution >= 0.6 is 0 Å². The van der Waals surface area contributed by atoms with E-state index in [0.29, 0.717) is 6.04 Å². The largest absolute Gasteiger partial charge is 0.315 e. The molecule has 0 heterocycles. The van der Waals surface area contributed by atoms with Gasteiger partial charge < -0.3 is 5.32 Å². The minimum atomic E-state index is -0.840. The summed E-state index contributed by atoms with van der Waals surface area (Å²) in [5.74, 6) is 0.763. The zero-order valence-corrected chi connectivity index (χ0v) is 11.8. The van der Waals surface area contributed by atoms with Crippen LogP contribution in [0.2, 0.25) is 0 Å². The summed E-state index contributed by atoms with van der Waals surface area (Å²) in [6.07, 6.45) is 2.10. The van der Waals surface area contributed by atoms with E-state index in [9.17, 15) is 4.21 Å². The number of nitrogens with one attached hydrogen (secondary N) is 1. The van der Waals surface area contributed by atoms with Crippen molar-refractivity contribution in [3.05, 3.63) is 29.8 Å². The second kappa shape index (κ2) is 7.62. The van der Waals surface area contributed by atoms with Crippen molar-refractivity contribution in [3.63, 3.8) is 0 Å². The molecule has 0 aromatic heterocycles. The third-order valence-corrected chi connectivity index (χ3v) is 4.26. The number of rotatable bonds is 7. The number of hydrogen-bond donors (Lipinski definition) is 1. The first-order valence-corrected chi connectivity index (χ1v) is 7.63. The van der Waals surface area contributed by atoms with Crippen molar-refractivity contribution in [2.45, 2.75) is 44.6 Å². The summed E-state index contributed by atoms with van der Waals surface area (Å²) in [6, 6.07) is 8.51. The number of hydrogen-bond acceptors (Lipinski definition) is 2. The molecule has 0 radical (unpaired) electrons. The normalized spacial score (nSPS) is 14.5. The molecular weight excluding hydrogens is 230 g/mol. The Morgan fingerprint density at radius 3 is 2.53 bits per heavy atom. The Kier molecular flexibility index (Phi) is 6.45. The van der Waals surface area contributed by atoms with Crippen LogP contribution in [-0.2, 0) is 10.8 Å². The lowest BCUT2D eigenvalue weighted by Gasteiger charge is -2.11. The Morgan fingerprint density at radius 2 is 1.94 bits per heavy atom. The molecular formula is C14H23NOS. The summed E-state index contributed by atoms with van der Waals surface area (Å²) in [5, 5.41) is 3.37. The van der Waals surface area contributed by atoms with E-state index in [0.717, 1.165) is 30.0 Å². The molecule has 17 heavy (non-hydrogen) atoms. The molecule has 2 nitrogen and oxygen atoms in total. The van der Waals surface area contributed by atoms with Gasteiger partial charge in [-0.05, 0) is 45.4 Å². The summed E-state index contributed by atoms with van der Waals surface area (Å²) in [7, 11) is -0.840. The van der Waals surface area contributed by atoms with Gasteiger partial charge in [-0.15, -0.1) is 0 Å². The van der Waals surface area contributed by atoms with E-state index in [1.54, 1.807) is 0 Å². The van der Waals surface area contributed by atoms with Gasteiger partial charge in [-0.2, -0.15) is 0 Å². The van der Waals surface area contributed by atoms with Crippen molar-refractivity contribution in [2.24, 2.45) is 0 Å². The van der Waals surface area contributed by atoms with Crippen LogP contribution in [0.5, 0.6) is 0 Å². The highest BCUT2D eigenvalue weighted by Gasteiger charge is 2.05. The molecule has 1 aromatic rings. The van der Waals surface area contributed by atoms with Crippen molar-refractivity contribution in [3.8, 4) is 0 Å². The Bertz CT molecular complexity index is 348. The molecule has 96 valence electrons. The monoisotopic (exact) mass is 253 g/mol. The predicted octanol–water partition coefficient (Wildman–Crippen LogP) is 2.88. The van der Waals surface area contributed by atoms with Crippen LogP contribution in [0.25, 0.3) is 0 Å². The van der Waals surface area contributed by atoms with Crippen LogP contribution in [0.3, 0.4) is 0 Å². The van der Waals surface area contributed by atoms with Crippen molar-refractivity contribution >= 4 is 10.8 Å². The number of aryl methyl sites for hydroxylation is 1. The van der Waals surface area contributed by atoms with Gasteiger partial charge in [0.2, 0.25) is 0 Å². The molecule has 0 aliphatic rings. The zero-order valence-electron chi connectivity index (χ0n) is 11.0. The van der Waals surface area contributed by atoms with Gasteiger partial charge in [0.05, 0.1) is 10.8 Å². The second-order valence-electron chi connectivity index (χ2n) is 4.46. The van der Waals surface area contributed by atoms with Crippen LogP contribution in [0.1, 0.15) is 32.3 Å². The smallest absolute Gasteiger partial charge is 0.0529 e. The lowest BCUT2D eigenvalue weighted by molar-refractivity contribution is 0.525. The summed E-state index contributed by atoms with van der Waals surface area (Å²) in [5.41, 5.74) is 1.21. The molecule has 0 aliphatic carbocycles. The van der Waals surface area contributed by atoms with Crippen molar-refractivity contribution in [1.82, 2.24) is 5.32 Å². The molecule has 2 unspecified atom stereocenters. The van der Waals surface area contributed by atoms with Gasteiger partial charge in [0.15, 0.2) is 0 Å². The first-order chi connectivity index (χ1) is 8.13. The predicted molar refractivity (Wildman–Crippen MR) is 74.8 cm³/mol. The van der Waals surface area contributed by atoms with Crippen LogP contribution in [0.4, 0.5) is 0 Å². The highest BCUT2D eigenvalue weighted by Crippen LogP contribution is 2.10. The van der Waals surface area contributed by atoms with E-state index < -0.39 is 10.8 Å². The van der Waals surface area contributed by atoms with E-state index in [2.05, 4.69) is 19.2 Å². The van der Waals surface area contributed by atoms with Gasteiger partial charge in [0, 0.05) is 16.7 Å². The highest BCUT2D eigenvalue weighted by atomic mass is 32.2. The van der Waals surface area contributed by atoms with Crippen LogP contribution in [-0.4, -0.2) is 22.5 Å². The Morgan fingerprint density at radius 1 is 1.29 bits per heavy atom. The van der Waals surface area contributed by atoms with Gasteiger partial charge in [0.25, 0.3) is 0 Å². The fourth-order valence-electron chi connectivity index (χ4n) is 1.78. The lowest BCUT2D eigenvalue weighted by atomic mass is 10.2. The van der Waals surface area contributed by atoms with Crippen molar-refractivity contribution < 1.29 is 4.21 Å². The van der Waals surface area contributed by atoms with Crippen molar-refractivity contribution in [1.29, 1.82) is 0 Å². The molecule has 0 spiro atoms. The molecule has 1 rings (SSSR count). The average Bonchev–Trinajstić information content (AvgIpc) is 2.30. The molecule has 2 atom stereocenters. The molecule has 3 heteroatoms. The maximum Gasteiger partial charge on any atom is 0.0529 e. The quantitative estimate of drug-likeness (QED) is 0.809. The Labute approximate surface area is 107 Å². The molecule has 0 saturated carbocycles. The molecule has 0 amide bonds. The third-order valence-electron chi connectivity index (χ3n) is 2.80. The van der Waals surface area contributed by atoms with E-state index in [4.69, 9.17) is 0 Å². The molecule has 1 N–H and O–H groups in total. The van der Waals surface area contributed by atoms with Crippen LogP contribution < -0.4 is 5.32 Å². The molecule has 0 bridgehead atoms. The van der Waals surface area contributed by atoms with Crippen LogP contribution in [0.15, 0.2) is 29.2 Å². The topological polar surface area (TPSA) is 29.1 Å². The average molecular weight is 253 g/mol. The third kappa shape index (κ3) is 5.46. The standard InChI is InChI=1S/C14H23NOS/c1-4-15-13(3)6-5-11-17(16)14-9-7-12(2)8-10-14/h7-10,13,15H,4-6,11H2,1-3H3. The number of benzene rings is 1. The Balaban J connectivity index is 2.32. The molecule has 0 fully saturated rings. The summed E-state index contributed by atoms with van der Waals surface area (Å²) in [6.45, 7) is 7.34. The van der Waals surface area contributed by atoms with Gasteiger partial charge in [-0.1, -0.05) is 24.6 Å². The molecule has 0 saturated heterocycles. The summed E-state index contributed by atoms with van der Waals surface area (Å²) >= 11 is 0. The van der Waals surface area contributed by atoms with Crippen LogP contribution in [0, 0.1) is 6.92 Å².